The van der Waals surface area contributed by atoms with E-state index in [1.165, 1.54) is 31.2 Å². The number of hydrogen-bond acceptors (Lipinski definition) is 5. The number of nitrogens with one attached hydrogen (secondary N) is 2. The molecular formula is C21H22F3N3O3. The number of rotatable bonds is 8. The van der Waals surface area contributed by atoms with Crippen molar-refractivity contribution in [3.8, 4) is 0 Å². The summed E-state index contributed by atoms with van der Waals surface area (Å²) < 4.78 is 47.1. The predicted molar refractivity (Wildman–Crippen MR) is 103 cm³/mol. The van der Waals surface area contributed by atoms with Gasteiger partial charge in [0.05, 0.1) is 0 Å². The molecule has 0 spiro atoms. The maximum Gasteiger partial charge on any atom is 0.427 e. The monoisotopic (exact) mass is 421 g/mol. The molecule has 1 aliphatic heterocycles. The summed E-state index contributed by atoms with van der Waals surface area (Å²) in [5.74, 6) is -0.196. The molecule has 2 N–H and O–H groups in total. The molecule has 3 unspecified atom stereocenters. The van der Waals surface area contributed by atoms with Gasteiger partial charge in [-0.1, -0.05) is 60.7 Å². The van der Waals surface area contributed by atoms with E-state index in [9.17, 15) is 22.8 Å². The lowest BCUT2D eigenvalue weighted by Crippen LogP contribution is -2.46. The van der Waals surface area contributed by atoms with Crippen molar-refractivity contribution in [3.05, 3.63) is 71.8 Å². The van der Waals surface area contributed by atoms with Crippen molar-refractivity contribution in [2.75, 3.05) is 0 Å². The summed E-state index contributed by atoms with van der Waals surface area (Å²) in [4.78, 5) is 23.7. The maximum atomic E-state index is 14.0. The van der Waals surface area contributed by atoms with Gasteiger partial charge in [0.1, 0.15) is 18.6 Å². The Kier molecular flexibility index (Phi) is 6.42. The molecule has 30 heavy (non-hydrogen) atoms. The number of halogens is 3. The average Bonchev–Trinajstić information content (AvgIpc) is 3.48. The van der Waals surface area contributed by atoms with Crippen LogP contribution >= 0.6 is 0 Å². The zero-order valence-electron chi connectivity index (χ0n) is 16.3. The third kappa shape index (κ3) is 4.80. The number of ether oxygens (including phenoxy) is 1. The minimum atomic E-state index is -4.65. The third-order valence-corrected chi connectivity index (χ3v) is 4.77. The average molecular weight is 421 g/mol. The third-order valence-electron chi connectivity index (χ3n) is 4.77. The van der Waals surface area contributed by atoms with Crippen LogP contribution in [0.1, 0.15) is 30.9 Å². The molecule has 160 valence electrons. The molecule has 1 aliphatic rings. The number of alkyl carbamates (subject to hydrolysis) is 1. The molecule has 0 bridgehead atoms. The summed E-state index contributed by atoms with van der Waals surface area (Å²) in [5, 5.41) is 3.36. The Balaban J connectivity index is 1.74. The largest absolute Gasteiger partial charge is 0.445 e. The number of Topliss-reactive ketones (excluding diaryl/α,β-unsaturated/α-hetero) is 1. The van der Waals surface area contributed by atoms with Crippen LogP contribution in [0.25, 0.3) is 0 Å². The number of hydrazine groups is 1. The first-order valence-corrected chi connectivity index (χ1v) is 9.40. The summed E-state index contributed by atoms with van der Waals surface area (Å²) in [6.45, 7) is 1.32. The number of carbonyl (C=O) groups is 2. The Labute approximate surface area is 172 Å². The molecule has 3 rings (SSSR count). The fourth-order valence-corrected chi connectivity index (χ4v) is 3.21. The van der Waals surface area contributed by atoms with Gasteiger partial charge in [-0.3, -0.25) is 0 Å². The molecule has 0 aliphatic carbocycles. The van der Waals surface area contributed by atoms with Gasteiger partial charge in [-0.2, -0.15) is 18.2 Å². The van der Waals surface area contributed by atoms with Crippen LogP contribution in [-0.2, 0) is 21.8 Å². The van der Waals surface area contributed by atoms with Crippen LogP contribution in [0.5, 0.6) is 0 Å². The van der Waals surface area contributed by atoms with Crippen molar-refractivity contribution in [1.29, 1.82) is 0 Å². The maximum absolute atomic E-state index is 14.0. The Hall–Kier alpha value is -2.91. The second-order valence-electron chi connectivity index (χ2n) is 7.02. The van der Waals surface area contributed by atoms with Crippen molar-refractivity contribution in [1.82, 2.24) is 15.8 Å². The summed E-state index contributed by atoms with van der Waals surface area (Å²) in [6.07, 6.45) is -6.62. The molecule has 0 aromatic heterocycles. The normalized spacial score (nSPS) is 21.5. The van der Waals surface area contributed by atoms with Crippen molar-refractivity contribution >= 4 is 11.9 Å². The van der Waals surface area contributed by atoms with Crippen LogP contribution in [0.15, 0.2) is 60.7 Å². The fraction of sp³-hybridized carbons (Fsp3) is 0.333. The molecule has 0 radical (unpaired) electrons. The van der Waals surface area contributed by atoms with E-state index in [2.05, 4.69) is 10.7 Å². The highest BCUT2D eigenvalue weighted by Crippen LogP contribution is 2.50. The van der Waals surface area contributed by atoms with Gasteiger partial charge in [0.25, 0.3) is 0 Å². The Morgan fingerprint density at radius 3 is 2.27 bits per heavy atom. The lowest BCUT2D eigenvalue weighted by molar-refractivity contribution is -0.178. The van der Waals surface area contributed by atoms with E-state index in [1.807, 2.05) is 6.07 Å². The minimum absolute atomic E-state index is 0.00450. The quantitative estimate of drug-likeness (QED) is 0.633. The van der Waals surface area contributed by atoms with Crippen molar-refractivity contribution in [3.63, 3.8) is 0 Å². The molecule has 9 heteroatoms. The predicted octanol–water partition coefficient (Wildman–Crippen LogP) is 3.84. The van der Waals surface area contributed by atoms with Gasteiger partial charge in [-0.15, -0.1) is 0 Å². The van der Waals surface area contributed by atoms with Gasteiger partial charge in [-0.25, -0.2) is 10.2 Å². The van der Waals surface area contributed by atoms with E-state index in [4.69, 9.17) is 4.74 Å². The second kappa shape index (κ2) is 8.85. The number of benzene rings is 2. The molecule has 1 amide bonds. The Morgan fingerprint density at radius 1 is 1.10 bits per heavy atom. The first kappa shape index (κ1) is 21.8. The van der Waals surface area contributed by atoms with Crippen LogP contribution in [0, 0.1) is 0 Å². The molecule has 1 heterocycles. The van der Waals surface area contributed by atoms with Crippen molar-refractivity contribution in [2.24, 2.45) is 0 Å². The fourth-order valence-electron chi connectivity index (χ4n) is 3.21. The molecule has 1 fully saturated rings. The van der Waals surface area contributed by atoms with Gasteiger partial charge >= 0.3 is 12.3 Å². The first-order valence-electron chi connectivity index (χ1n) is 9.40. The molecule has 6 nitrogen and oxygen atoms in total. The van der Waals surface area contributed by atoms with Gasteiger partial charge < -0.3 is 14.8 Å². The number of nitrogens with zero attached hydrogens (tertiary/aromatic N) is 1. The minimum Gasteiger partial charge on any atom is -0.445 e. The molecule has 3 atom stereocenters. The highest BCUT2D eigenvalue weighted by Gasteiger charge is 2.73. The standard InChI is InChI=1S/C21H22F3N3O3/c1-15(28)12-13-18(25-19(29)30-14-16-8-4-2-5-9-16)27-20(26-27,21(22,23)24)17-10-6-3-7-11-17/h2-11,18,26H,12-14H2,1H3,(H,25,29). The van der Waals surface area contributed by atoms with Crippen LogP contribution in [-0.4, -0.2) is 29.2 Å². The zero-order valence-corrected chi connectivity index (χ0v) is 16.3. The van der Waals surface area contributed by atoms with Gasteiger partial charge in [0, 0.05) is 6.42 Å². The second-order valence-corrected chi connectivity index (χ2v) is 7.02. The highest BCUT2D eigenvalue weighted by atomic mass is 19.4. The van der Waals surface area contributed by atoms with Gasteiger partial charge in [-0.05, 0) is 24.5 Å². The number of carbonyl (C=O) groups excluding carboxylic acids is 2. The van der Waals surface area contributed by atoms with Crippen molar-refractivity contribution in [2.45, 2.75) is 44.4 Å². The SMILES string of the molecule is CC(=O)CCC(NC(=O)OCc1ccccc1)N1NC1(c1ccccc1)C(F)(F)F. The summed E-state index contributed by atoms with van der Waals surface area (Å²) in [7, 11) is 0. The van der Waals surface area contributed by atoms with Gasteiger partial charge in [0.15, 0.2) is 0 Å². The van der Waals surface area contributed by atoms with Crippen LogP contribution in [0.2, 0.25) is 0 Å². The molecular weight excluding hydrogens is 399 g/mol. The first-order chi connectivity index (χ1) is 14.2. The summed E-state index contributed by atoms with van der Waals surface area (Å²) >= 11 is 0. The molecule has 2 aromatic carbocycles. The van der Waals surface area contributed by atoms with Crippen LogP contribution in [0.3, 0.4) is 0 Å². The lowest BCUT2D eigenvalue weighted by Gasteiger charge is -2.24. The van der Waals surface area contributed by atoms with Gasteiger partial charge in [0.2, 0.25) is 5.66 Å². The smallest absolute Gasteiger partial charge is 0.427 e. The molecule has 2 aromatic rings. The number of hydrogen-bond donors (Lipinski definition) is 2. The topological polar surface area (TPSA) is 80.4 Å². The van der Waals surface area contributed by atoms with E-state index in [1.54, 1.807) is 30.3 Å². The Bertz CT molecular complexity index is 877. The van der Waals surface area contributed by atoms with E-state index < -0.39 is 24.1 Å². The van der Waals surface area contributed by atoms with Crippen LogP contribution in [0.4, 0.5) is 18.0 Å². The summed E-state index contributed by atoms with van der Waals surface area (Å²) in [6, 6.07) is 16.2. The highest BCUT2D eigenvalue weighted by molar-refractivity contribution is 5.75. The van der Waals surface area contributed by atoms with E-state index in [-0.39, 0.29) is 30.8 Å². The Morgan fingerprint density at radius 2 is 1.70 bits per heavy atom. The molecule has 1 saturated heterocycles. The van der Waals surface area contributed by atoms with Crippen molar-refractivity contribution < 1.29 is 27.5 Å². The van der Waals surface area contributed by atoms with E-state index in [0.29, 0.717) is 0 Å². The van der Waals surface area contributed by atoms with E-state index in [0.717, 1.165) is 10.6 Å². The number of amides is 1. The molecule has 0 saturated carbocycles. The number of alkyl halides is 3. The zero-order chi connectivity index (χ0) is 21.8. The summed E-state index contributed by atoms with van der Waals surface area (Å²) in [5.41, 5.74) is 0.659. The van der Waals surface area contributed by atoms with E-state index >= 15 is 0 Å². The van der Waals surface area contributed by atoms with Crippen LogP contribution < -0.4 is 10.7 Å². The lowest BCUT2D eigenvalue weighted by atomic mass is 10.0. The number of ketones is 1.